The molecule has 0 N–H and O–H groups in total. The summed E-state index contributed by atoms with van der Waals surface area (Å²) in [5, 5.41) is 0.510. The van der Waals surface area contributed by atoms with Gasteiger partial charge in [0, 0.05) is 30.5 Å². The topological polar surface area (TPSA) is 40.6 Å². The van der Waals surface area contributed by atoms with Crippen LogP contribution in [-0.2, 0) is 15.9 Å². The number of likely N-dealkylation sites (N-methyl/N-ethyl adjacent to an activating group) is 1. The van der Waals surface area contributed by atoms with E-state index >= 15 is 0 Å². The number of benzene rings is 1. The van der Waals surface area contributed by atoms with Gasteiger partial charge in [-0.1, -0.05) is 23.2 Å². The zero-order valence-electron chi connectivity index (χ0n) is 11.7. The first-order valence-electron chi connectivity index (χ1n) is 6.59. The Morgan fingerprint density at radius 1 is 1.10 bits per heavy atom. The molecule has 0 spiro atoms. The highest BCUT2D eigenvalue weighted by Crippen LogP contribution is 2.31. The average molecular weight is 372 g/mol. The van der Waals surface area contributed by atoms with E-state index in [0.717, 1.165) is 13.0 Å². The lowest BCUT2D eigenvalue weighted by Crippen LogP contribution is -2.34. The molecule has 1 aromatic carbocycles. The number of alkyl halides is 1. The van der Waals surface area contributed by atoms with Gasteiger partial charge in [0.25, 0.3) is 0 Å². The first-order valence-corrected chi connectivity index (χ1v) is 9.32. The minimum atomic E-state index is -3.63. The summed E-state index contributed by atoms with van der Waals surface area (Å²) in [6.07, 6.45) is 0.795. The molecule has 0 unspecified atom stereocenters. The molecular weight excluding hydrogens is 355 g/mol. The number of rotatable bonds is 3. The highest BCUT2D eigenvalue weighted by atomic mass is 35.5. The van der Waals surface area contributed by atoms with Crippen LogP contribution in [0.2, 0.25) is 10.0 Å². The molecule has 2 rings (SSSR count). The highest BCUT2D eigenvalue weighted by molar-refractivity contribution is 7.89. The first kappa shape index (κ1) is 17.3. The van der Waals surface area contributed by atoms with E-state index in [9.17, 15) is 8.42 Å². The van der Waals surface area contributed by atoms with Crippen LogP contribution >= 0.6 is 34.8 Å². The third-order valence-electron chi connectivity index (χ3n) is 3.54. The molecule has 0 saturated carbocycles. The minimum Gasteiger partial charge on any atom is -0.305 e. The molecule has 0 radical (unpaired) electrons. The van der Waals surface area contributed by atoms with Crippen LogP contribution in [-0.4, -0.2) is 50.8 Å². The molecule has 118 valence electrons. The molecule has 0 amide bonds. The van der Waals surface area contributed by atoms with E-state index < -0.39 is 10.0 Å². The molecule has 1 aliphatic heterocycles. The van der Waals surface area contributed by atoms with E-state index in [1.807, 2.05) is 7.05 Å². The molecular formula is C13H17Cl3N2O2S. The van der Waals surface area contributed by atoms with Crippen LogP contribution in [0.25, 0.3) is 0 Å². The van der Waals surface area contributed by atoms with Crippen molar-refractivity contribution in [3.8, 4) is 0 Å². The molecule has 21 heavy (non-hydrogen) atoms. The summed E-state index contributed by atoms with van der Waals surface area (Å²) < 4.78 is 27.0. The normalized spacial score (nSPS) is 18.7. The Labute approximate surface area is 140 Å². The molecule has 4 nitrogen and oxygen atoms in total. The van der Waals surface area contributed by atoms with Gasteiger partial charge in [0.05, 0.1) is 5.02 Å². The van der Waals surface area contributed by atoms with Crippen molar-refractivity contribution in [1.29, 1.82) is 0 Å². The van der Waals surface area contributed by atoms with Crippen LogP contribution in [0.15, 0.2) is 17.0 Å². The standard InChI is InChI=1S/C13H17Cl3N2O2S/c1-17-3-2-4-18(6-5-17)21(19,20)13-7-10(9-14)11(15)8-12(13)16/h7-8H,2-6,9H2,1H3. The molecule has 8 heteroatoms. The van der Waals surface area contributed by atoms with Gasteiger partial charge < -0.3 is 4.90 Å². The van der Waals surface area contributed by atoms with Crippen LogP contribution in [0.3, 0.4) is 0 Å². The molecule has 0 bridgehead atoms. The number of sulfonamides is 1. The fraction of sp³-hybridized carbons (Fsp3) is 0.538. The van der Waals surface area contributed by atoms with E-state index in [2.05, 4.69) is 4.90 Å². The highest BCUT2D eigenvalue weighted by Gasteiger charge is 2.28. The van der Waals surface area contributed by atoms with Crippen molar-refractivity contribution >= 4 is 44.8 Å². The fourth-order valence-electron chi connectivity index (χ4n) is 2.27. The number of hydrogen-bond donors (Lipinski definition) is 0. The monoisotopic (exact) mass is 370 g/mol. The maximum atomic E-state index is 12.8. The molecule has 1 fully saturated rings. The van der Waals surface area contributed by atoms with E-state index in [1.54, 1.807) is 0 Å². The van der Waals surface area contributed by atoms with Crippen molar-refractivity contribution in [2.24, 2.45) is 0 Å². The SMILES string of the molecule is CN1CCCN(S(=O)(=O)c2cc(CCl)c(Cl)cc2Cl)CC1. The van der Waals surface area contributed by atoms with Crippen molar-refractivity contribution in [2.75, 3.05) is 33.2 Å². The molecule has 0 aliphatic carbocycles. The predicted molar refractivity (Wildman–Crippen MR) is 86.9 cm³/mol. The van der Waals surface area contributed by atoms with Gasteiger partial charge in [0.2, 0.25) is 10.0 Å². The van der Waals surface area contributed by atoms with Gasteiger partial charge in [-0.3, -0.25) is 0 Å². The zero-order chi connectivity index (χ0) is 15.6. The van der Waals surface area contributed by atoms with Crippen LogP contribution in [0.4, 0.5) is 0 Å². The smallest absolute Gasteiger partial charge is 0.244 e. The predicted octanol–water partition coefficient (Wildman–Crippen LogP) is 3.06. The second-order valence-electron chi connectivity index (χ2n) is 5.07. The third kappa shape index (κ3) is 3.84. The molecule has 1 heterocycles. The van der Waals surface area contributed by atoms with Crippen LogP contribution < -0.4 is 0 Å². The van der Waals surface area contributed by atoms with Crippen molar-refractivity contribution in [3.63, 3.8) is 0 Å². The quantitative estimate of drug-likeness (QED) is 0.767. The van der Waals surface area contributed by atoms with Gasteiger partial charge >= 0.3 is 0 Å². The lowest BCUT2D eigenvalue weighted by atomic mass is 10.2. The molecule has 1 aliphatic rings. The fourth-order valence-corrected chi connectivity index (χ4v) is 4.87. The Kier molecular flexibility index (Phi) is 5.79. The summed E-state index contributed by atoms with van der Waals surface area (Å²) in [4.78, 5) is 2.19. The summed E-state index contributed by atoms with van der Waals surface area (Å²) >= 11 is 17.9. The summed E-state index contributed by atoms with van der Waals surface area (Å²) in [6, 6.07) is 2.92. The Hall–Kier alpha value is -0.0400. The number of nitrogens with zero attached hydrogens (tertiary/aromatic N) is 2. The van der Waals surface area contributed by atoms with Gasteiger partial charge in [-0.15, -0.1) is 11.6 Å². The molecule has 1 saturated heterocycles. The Bertz CT molecular complexity index is 622. The van der Waals surface area contributed by atoms with Crippen molar-refractivity contribution in [2.45, 2.75) is 17.2 Å². The van der Waals surface area contributed by atoms with Gasteiger partial charge in [-0.2, -0.15) is 4.31 Å². The minimum absolute atomic E-state index is 0.0776. The maximum absolute atomic E-state index is 12.8. The largest absolute Gasteiger partial charge is 0.305 e. The third-order valence-corrected chi connectivity index (χ3v) is 6.54. The maximum Gasteiger partial charge on any atom is 0.244 e. The van der Waals surface area contributed by atoms with Gasteiger partial charge in [-0.05, 0) is 37.7 Å². The van der Waals surface area contributed by atoms with Crippen LogP contribution in [0.1, 0.15) is 12.0 Å². The Morgan fingerprint density at radius 3 is 2.48 bits per heavy atom. The number of halogens is 3. The number of hydrogen-bond acceptors (Lipinski definition) is 3. The van der Waals surface area contributed by atoms with Crippen molar-refractivity contribution in [3.05, 3.63) is 27.7 Å². The lowest BCUT2D eigenvalue weighted by Gasteiger charge is -2.21. The van der Waals surface area contributed by atoms with Crippen molar-refractivity contribution < 1.29 is 8.42 Å². The van der Waals surface area contributed by atoms with Gasteiger partial charge in [0.1, 0.15) is 4.90 Å². The lowest BCUT2D eigenvalue weighted by molar-refractivity contribution is 0.347. The van der Waals surface area contributed by atoms with E-state index in [1.165, 1.54) is 16.4 Å². The summed E-state index contributed by atoms with van der Waals surface area (Å²) in [5.74, 6) is 0.140. The summed E-state index contributed by atoms with van der Waals surface area (Å²) in [7, 11) is -1.65. The average Bonchev–Trinajstić information content (AvgIpc) is 2.63. The molecule has 0 atom stereocenters. The second kappa shape index (κ2) is 7.02. The van der Waals surface area contributed by atoms with Crippen molar-refractivity contribution in [1.82, 2.24) is 9.21 Å². The van der Waals surface area contributed by atoms with E-state index in [-0.39, 0.29) is 15.8 Å². The summed E-state index contributed by atoms with van der Waals surface area (Å²) in [6.45, 7) is 2.52. The second-order valence-corrected chi connectivity index (χ2v) is 8.06. The van der Waals surface area contributed by atoms with Crippen LogP contribution in [0.5, 0.6) is 0 Å². The van der Waals surface area contributed by atoms with E-state index in [0.29, 0.717) is 30.2 Å². The summed E-state index contributed by atoms with van der Waals surface area (Å²) in [5.41, 5.74) is 0.563. The Balaban J connectivity index is 2.39. The van der Waals surface area contributed by atoms with Gasteiger partial charge in [0.15, 0.2) is 0 Å². The van der Waals surface area contributed by atoms with Crippen LogP contribution in [0, 0.1) is 0 Å². The van der Waals surface area contributed by atoms with Gasteiger partial charge in [-0.25, -0.2) is 8.42 Å². The molecule has 1 aromatic rings. The zero-order valence-corrected chi connectivity index (χ0v) is 14.7. The first-order chi connectivity index (χ1) is 9.86. The van der Waals surface area contributed by atoms with E-state index in [4.69, 9.17) is 34.8 Å². The molecule has 0 aromatic heterocycles. The Morgan fingerprint density at radius 2 is 1.81 bits per heavy atom.